The van der Waals surface area contributed by atoms with Crippen LogP contribution in [0, 0.1) is 0 Å². The van der Waals surface area contributed by atoms with E-state index in [1.807, 2.05) is 0 Å². The van der Waals surface area contributed by atoms with E-state index in [-0.39, 0.29) is 11.4 Å². The van der Waals surface area contributed by atoms with Crippen molar-refractivity contribution in [3.8, 4) is 28.7 Å². The zero-order chi connectivity index (χ0) is 26.9. The average molecular weight is 545 g/mol. The minimum Gasteiger partial charge on any atom is -0.508 e. The van der Waals surface area contributed by atoms with Gasteiger partial charge in [0.05, 0.1) is 31.8 Å². The number of benzene rings is 3. The van der Waals surface area contributed by atoms with Gasteiger partial charge in [-0.05, 0) is 48.0 Å². The summed E-state index contributed by atoms with van der Waals surface area (Å²) in [5.74, 6) is -2.65. The number of methoxy groups -OCH3 is 2. The molecule has 5 rings (SSSR count). The van der Waals surface area contributed by atoms with Crippen molar-refractivity contribution >= 4 is 40.7 Å². The lowest BCUT2D eigenvalue weighted by Crippen LogP contribution is -2.48. The summed E-state index contributed by atoms with van der Waals surface area (Å²) in [4.78, 5) is 9.51. The van der Waals surface area contributed by atoms with E-state index in [9.17, 15) is 5.11 Å². The van der Waals surface area contributed by atoms with Crippen LogP contribution in [0.1, 0.15) is 0 Å². The number of anilines is 3. The third-order valence-electron chi connectivity index (χ3n) is 5.76. The standard InChI is InChI=1S/C26H23ClF2N4O5/c1-35-20-9-7-18(14-22(20)36-2)33(17-4-3-5-19(34)13-17)26(27)30-15-25(28,29)24(32-26)31-16-6-8-21-23(12-16)38-11-10-37-21/h3-9,12-15,34H,10-11H2,1-2H3,(H,31,32). The molecule has 3 aromatic carbocycles. The van der Waals surface area contributed by atoms with Crippen molar-refractivity contribution in [1.29, 1.82) is 0 Å². The van der Waals surface area contributed by atoms with E-state index in [0.717, 1.165) is 0 Å². The normalized spacial score (nSPS) is 19.3. The molecular formula is C26H23ClF2N4O5. The molecule has 2 heterocycles. The molecule has 0 bridgehead atoms. The van der Waals surface area contributed by atoms with Gasteiger partial charge in [-0.3, -0.25) is 4.90 Å². The molecule has 0 aromatic heterocycles. The van der Waals surface area contributed by atoms with Gasteiger partial charge in [0.25, 0.3) is 0 Å². The zero-order valence-corrected chi connectivity index (χ0v) is 21.1. The number of nitrogens with one attached hydrogen (secondary N) is 1. The molecular weight excluding hydrogens is 522 g/mol. The Morgan fingerprint density at radius 1 is 0.947 bits per heavy atom. The van der Waals surface area contributed by atoms with E-state index in [1.54, 1.807) is 42.5 Å². The Bertz CT molecular complexity index is 1420. The van der Waals surface area contributed by atoms with E-state index < -0.39 is 17.0 Å². The molecule has 1 atom stereocenters. The monoisotopic (exact) mass is 544 g/mol. The van der Waals surface area contributed by atoms with Crippen LogP contribution in [0.4, 0.5) is 25.8 Å². The van der Waals surface area contributed by atoms with E-state index in [1.165, 1.54) is 37.3 Å². The number of nitrogens with zero attached hydrogens (tertiary/aromatic N) is 3. The van der Waals surface area contributed by atoms with Gasteiger partial charge in [0.1, 0.15) is 19.0 Å². The Morgan fingerprint density at radius 2 is 1.68 bits per heavy atom. The van der Waals surface area contributed by atoms with Crippen LogP contribution in [0.15, 0.2) is 70.6 Å². The number of aliphatic imine (C=N–C) groups is 2. The van der Waals surface area contributed by atoms with Gasteiger partial charge in [0.15, 0.2) is 28.8 Å². The van der Waals surface area contributed by atoms with Crippen LogP contribution in [0.3, 0.4) is 0 Å². The van der Waals surface area contributed by atoms with Gasteiger partial charge in [-0.2, -0.15) is 8.78 Å². The van der Waals surface area contributed by atoms with Gasteiger partial charge in [0.2, 0.25) is 0 Å². The highest BCUT2D eigenvalue weighted by molar-refractivity contribution is 6.28. The lowest BCUT2D eigenvalue weighted by atomic mass is 10.2. The number of hydrogen-bond acceptors (Lipinski definition) is 9. The number of alkyl halides is 3. The Hall–Kier alpha value is -4.25. The molecule has 0 spiro atoms. The number of rotatable bonds is 6. The highest BCUT2D eigenvalue weighted by Crippen LogP contribution is 2.44. The molecule has 12 heteroatoms. The molecule has 0 saturated carbocycles. The summed E-state index contributed by atoms with van der Waals surface area (Å²) in [6.07, 6.45) is 0.434. The molecule has 0 radical (unpaired) electrons. The molecule has 2 N–H and O–H groups in total. The number of phenols is 1. The quantitative estimate of drug-likeness (QED) is 0.317. The maximum absolute atomic E-state index is 15.0. The van der Waals surface area contributed by atoms with Gasteiger partial charge in [-0.25, -0.2) is 9.98 Å². The number of hydrogen-bond donors (Lipinski definition) is 2. The first-order valence-electron chi connectivity index (χ1n) is 11.4. The Balaban J connectivity index is 1.60. The summed E-state index contributed by atoms with van der Waals surface area (Å²) in [6, 6.07) is 15.7. The van der Waals surface area contributed by atoms with Crippen LogP contribution in [0.5, 0.6) is 28.7 Å². The lowest BCUT2D eigenvalue weighted by molar-refractivity contribution is 0.158. The Labute approximate surface area is 221 Å². The maximum Gasteiger partial charge on any atom is 0.339 e. The number of fused-ring (bicyclic) bond motifs is 1. The number of ether oxygens (including phenoxy) is 4. The molecule has 0 fully saturated rings. The summed E-state index contributed by atoms with van der Waals surface area (Å²) in [6.45, 7) is 0.742. The number of phenolic OH excluding ortho intramolecular Hbond substituents is 1. The smallest absolute Gasteiger partial charge is 0.339 e. The molecule has 0 aliphatic carbocycles. The molecule has 1 unspecified atom stereocenters. The average Bonchev–Trinajstić information content (AvgIpc) is 2.91. The minimum absolute atomic E-state index is 0.0723. The largest absolute Gasteiger partial charge is 0.508 e. The number of aromatic hydroxyl groups is 1. The third kappa shape index (κ3) is 4.84. The number of amidine groups is 1. The Kier molecular flexibility index (Phi) is 6.62. The minimum atomic E-state index is -3.56. The van der Waals surface area contributed by atoms with Gasteiger partial charge < -0.3 is 29.4 Å². The van der Waals surface area contributed by atoms with Crippen LogP contribution in [-0.4, -0.2) is 55.8 Å². The molecule has 9 nitrogen and oxygen atoms in total. The molecule has 198 valence electrons. The van der Waals surface area contributed by atoms with Crippen LogP contribution >= 0.6 is 11.6 Å². The zero-order valence-electron chi connectivity index (χ0n) is 20.3. The predicted molar refractivity (Wildman–Crippen MR) is 140 cm³/mol. The first-order chi connectivity index (χ1) is 18.2. The van der Waals surface area contributed by atoms with Gasteiger partial charge in [-0.1, -0.05) is 6.07 Å². The molecule has 38 heavy (non-hydrogen) atoms. The topological polar surface area (TPSA) is 97.1 Å². The van der Waals surface area contributed by atoms with E-state index in [0.29, 0.717) is 53.8 Å². The van der Waals surface area contributed by atoms with Crippen molar-refractivity contribution in [3.63, 3.8) is 0 Å². The second kappa shape index (κ2) is 9.90. The molecule has 0 amide bonds. The SMILES string of the molecule is COc1ccc(N(c2cccc(O)c2)C2(Cl)N=CC(F)(F)C(Nc3ccc4c(c3)OCCO4)=N2)cc1OC. The van der Waals surface area contributed by atoms with Crippen LogP contribution in [0.25, 0.3) is 0 Å². The Morgan fingerprint density at radius 3 is 2.42 bits per heavy atom. The summed E-state index contributed by atoms with van der Waals surface area (Å²) < 4.78 is 51.8. The molecule has 2 aliphatic heterocycles. The predicted octanol–water partition coefficient (Wildman–Crippen LogP) is 5.40. The van der Waals surface area contributed by atoms with Gasteiger partial charge in [-0.15, -0.1) is 0 Å². The first-order valence-corrected chi connectivity index (χ1v) is 11.8. The fraction of sp³-hybridized carbons (Fsp3) is 0.231. The van der Waals surface area contributed by atoms with Crippen molar-refractivity contribution in [1.82, 2.24) is 0 Å². The second-order valence-electron chi connectivity index (χ2n) is 8.27. The third-order valence-corrected chi connectivity index (χ3v) is 6.11. The van der Waals surface area contributed by atoms with Gasteiger partial charge in [0, 0.05) is 23.9 Å². The highest BCUT2D eigenvalue weighted by Gasteiger charge is 2.47. The summed E-state index contributed by atoms with van der Waals surface area (Å²) in [5.41, 5.74) is 1.00. The van der Waals surface area contributed by atoms with Gasteiger partial charge >= 0.3 is 11.2 Å². The van der Waals surface area contributed by atoms with E-state index in [4.69, 9.17) is 30.5 Å². The highest BCUT2D eigenvalue weighted by atomic mass is 35.5. The summed E-state index contributed by atoms with van der Waals surface area (Å²) in [7, 11) is 2.95. The fourth-order valence-corrected chi connectivity index (χ4v) is 4.35. The first kappa shape index (κ1) is 25.4. The summed E-state index contributed by atoms with van der Waals surface area (Å²) >= 11 is 6.90. The molecule has 0 saturated heterocycles. The maximum atomic E-state index is 15.0. The van der Waals surface area contributed by atoms with Crippen LogP contribution in [0.2, 0.25) is 0 Å². The van der Waals surface area contributed by atoms with Crippen molar-refractivity contribution in [2.75, 3.05) is 37.7 Å². The summed E-state index contributed by atoms with van der Waals surface area (Å²) in [5, 5.41) is 10.7. The van der Waals surface area contributed by atoms with E-state index >= 15 is 8.78 Å². The van der Waals surface area contributed by atoms with E-state index in [2.05, 4.69) is 15.3 Å². The fourth-order valence-electron chi connectivity index (χ4n) is 4.02. The lowest BCUT2D eigenvalue weighted by Gasteiger charge is -2.38. The molecule has 3 aromatic rings. The van der Waals surface area contributed by atoms with Crippen LogP contribution in [-0.2, 0) is 0 Å². The van der Waals surface area contributed by atoms with Crippen molar-refractivity contribution in [2.45, 2.75) is 11.2 Å². The van der Waals surface area contributed by atoms with Crippen molar-refractivity contribution in [3.05, 3.63) is 60.7 Å². The molecule has 2 aliphatic rings. The van der Waals surface area contributed by atoms with Crippen LogP contribution < -0.4 is 29.2 Å². The van der Waals surface area contributed by atoms with Crippen molar-refractivity contribution < 1.29 is 32.8 Å². The second-order valence-corrected chi connectivity index (χ2v) is 8.78. The number of halogens is 3. The van der Waals surface area contributed by atoms with Crippen molar-refractivity contribution in [2.24, 2.45) is 9.98 Å².